The lowest BCUT2D eigenvalue weighted by molar-refractivity contribution is -0.132. The van der Waals surface area contributed by atoms with Crippen LogP contribution in [0.2, 0.25) is 0 Å². The molecular weight excluding hydrogens is 220 g/mol. The molecule has 0 saturated heterocycles. The number of hydrogen-bond acceptors (Lipinski definition) is 4. The zero-order chi connectivity index (χ0) is 12.7. The third-order valence-electron chi connectivity index (χ3n) is 3.64. The van der Waals surface area contributed by atoms with Crippen LogP contribution in [0.1, 0.15) is 38.5 Å². The van der Waals surface area contributed by atoms with Crippen LogP contribution >= 0.6 is 0 Å². The summed E-state index contributed by atoms with van der Waals surface area (Å²) in [5.41, 5.74) is 5.31. The molecule has 17 heavy (non-hydrogen) atoms. The second-order valence-corrected chi connectivity index (χ2v) is 4.95. The van der Waals surface area contributed by atoms with Gasteiger partial charge in [-0.25, -0.2) is 0 Å². The summed E-state index contributed by atoms with van der Waals surface area (Å²) in [6, 6.07) is 0. The maximum atomic E-state index is 12.1. The Morgan fingerprint density at radius 1 is 1.29 bits per heavy atom. The number of nitrogens with two attached hydrogens (primary N) is 1. The molecule has 1 amide bonds. The Labute approximate surface area is 102 Å². The van der Waals surface area contributed by atoms with Crippen molar-refractivity contribution in [3.63, 3.8) is 0 Å². The highest BCUT2D eigenvalue weighted by Gasteiger charge is 2.37. The number of nitrogens with one attached hydrogen (secondary N) is 1. The van der Waals surface area contributed by atoms with E-state index < -0.39 is 11.5 Å². The van der Waals surface area contributed by atoms with Gasteiger partial charge in [-0.3, -0.25) is 4.79 Å². The van der Waals surface area contributed by atoms with E-state index in [2.05, 4.69) is 5.32 Å². The maximum Gasteiger partial charge on any atom is 0.227 e. The molecule has 5 nitrogen and oxygen atoms in total. The van der Waals surface area contributed by atoms with Crippen molar-refractivity contribution in [1.29, 1.82) is 0 Å². The van der Waals surface area contributed by atoms with Crippen molar-refractivity contribution in [3.8, 4) is 0 Å². The monoisotopic (exact) mass is 244 g/mol. The molecule has 5 N–H and O–H groups in total. The minimum absolute atomic E-state index is 0.0746. The molecule has 1 fully saturated rings. The Balaban J connectivity index is 2.55. The normalized spacial score (nSPS) is 21.6. The van der Waals surface area contributed by atoms with Crippen LogP contribution < -0.4 is 11.1 Å². The first-order valence-corrected chi connectivity index (χ1v) is 6.42. The fourth-order valence-electron chi connectivity index (χ4n) is 2.39. The molecule has 0 aliphatic heterocycles. The number of aliphatic hydroxyl groups excluding tert-OH is 2. The minimum Gasteiger partial charge on any atom is -0.394 e. The molecule has 5 heteroatoms. The highest BCUT2D eigenvalue weighted by Crippen LogP contribution is 2.34. The van der Waals surface area contributed by atoms with E-state index in [1.807, 2.05) is 0 Å². The van der Waals surface area contributed by atoms with Gasteiger partial charge in [-0.05, 0) is 12.8 Å². The highest BCUT2D eigenvalue weighted by atomic mass is 16.3. The topological polar surface area (TPSA) is 95.6 Å². The number of aliphatic hydroxyl groups is 2. The van der Waals surface area contributed by atoms with Gasteiger partial charge in [0.25, 0.3) is 0 Å². The van der Waals surface area contributed by atoms with Gasteiger partial charge in [-0.15, -0.1) is 0 Å². The molecule has 0 aromatic carbocycles. The van der Waals surface area contributed by atoms with Crippen LogP contribution in [-0.4, -0.2) is 41.9 Å². The van der Waals surface area contributed by atoms with Crippen LogP contribution in [0, 0.1) is 5.41 Å². The Bertz CT molecular complexity index is 238. The molecule has 0 radical (unpaired) electrons. The molecule has 0 heterocycles. The SMILES string of the molecule is NCC1(C(=O)NCC(O)CO)CCCCCC1. The molecule has 1 atom stereocenters. The summed E-state index contributed by atoms with van der Waals surface area (Å²) in [6.45, 7) is 0.112. The molecule has 1 aliphatic carbocycles. The predicted molar refractivity (Wildman–Crippen MR) is 65.3 cm³/mol. The van der Waals surface area contributed by atoms with E-state index >= 15 is 0 Å². The summed E-state index contributed by atoms with van der Waals surface area (Å²) in [7, 11) is 0. The largest absolute Gasteiger partial charge is 0.394 e. The Morgan fingerprint density at radius 3 is 2.35 bits per heavy atom. The quantitative estimate of drug-likeness (QED) is 0.502. The van der Waals surface area contributed by atoms with E-state index in [1.165, 1.54) is 0 Å². The van der Waals surface area contributed by atoms with Crippen molar-refractivity contribution < 1.29 is 15.0 Å². The molecule has 0 bridgehead atoms. The number of hydrogen-bond donors (Lipinski definition) is 4. The molecule has 0 aromatic heterocycles. The second-order valence-electron chi connectivity index (χ2n) is 4.95. The molecule has 0 spiro atoms. The summed E-state index contributed by atoms with van der Waals surface area (Å²) in [5, 5.41) is 20.6. The predicted octanol–water partition coefficient (Wildman–Crippen LogP) is -0.245. The van der Waals surface area contributed by atoms with Gasteiger partial charge < -0.3 is 21.3 Å². The minimum atomic E-state index is -0.889. The second kappa shape index (κ2) is 6.93. The molecule has 1 aliphatic rings. The molecular formula is C12H24N2O3. The lowest BCUT2D eigenvalue weighted by atomic mass is 9.79. The number of amides is 1. The van der Waals surface area contributed by atoms with E-state index in [0.29, 0.717) is 6.54 Å². The molecule has 1 unspecified atom stereocenters. The first-order valence-electron chi connectivity index (χ1n) is 6.42. The molecule has 100 valence electrons. The van der Waals surface area contributed by atoms with E-state index in [4.69, 9.17) is 10.8 Å². The van der Waals surface area contributed by atoms with Crippen LogP contribution in [0.5, 0.6) is 0 Å². The van der Waals surface area contributed by atoms with Gasteiger partial charge in [0.05, 0.1) is 18.1 Å². The lowest BCUT2D eigenvalue weighted by Gasteiger charge is -2.30. The zero-order valence-electron chi connectivity index (χ0n) is 10.3. The summed E-state index contributed by atoms with van der Waals surface area (Å²) in [5.74, 6) is -0.0746. The fourth-order valence-corrected chi connectivity index (χ4v) is 2.39. The van der Waals surface area contributed by atoms with Crippen LogP contribution in [0.4, 0.5) is 0 Å². The van der Waals surface area contributed by atoms with E-state index in [1.54, 1.807) is 0 Å². The molecule has 0 aromatic rings. The smallest absolute Gasteiger partial charge is 0.227 e. The van der Waals surface area contributed by atoms with Crippen LogP contribution in [-0.2, 0) is 4.79 Å². The molecule has 1 rings (SSSR count). The van der Waals surface area contributed by atoms with E-state index in [0.717, 1.165) is 38.5 Å². The first-order chi connectivity index (χ1) is 8.14. The van der Waals surface area contributed by atoms with Crippen molar-refractivity contribution in [3.05, 3.63) is 0 Å². The van der Waals surface area contributed by atoms with Gasteiger partial charge in [-0.2, -0.15) is 0 Å². The summed E-state index contributed by atoms with van der Waals surface area (Å²) < 4.78 is 0. The molecule has 1 saturated carbocycles. The van der Waals surface area contributed by atoms with Crippen LogP contribution in [0.15, 0.2) is 0 Å². The van der Waals surface area contributed by atoms with Crippen LogP contribution in [0.25, 0.3) is 0 Å². The lowest BCUT2D eigenvalue weighted by Crippen LogP contribution is -2.48. The van der Waals surface area contributed by atoms with Gasteiger partial charge in [0.2, 0.25) is 5.91 Å². The zero-order valence-corrected chi connectivity index (χ0v) is 10.3. The van der Waals surface area contributed by atoms with Gasteiger partial charge >= 0.3 is 0 Å². The number of carbonyl (C=O) groups is 1. The third kappa shape index (κ3) is 3.94. The summed E-state index contributed by atoms with van der Waals surface area (Å²) in [6.07, 6.45) is 5.15. The van der Waals surface area contributed by atoms with Crippen molar-refractivity contribution in [1.82, 2.24) is 5.32 Å². The van der Waals surface area contributed by atoms with Gasteiger partial charge in [0.1, 0.15) is 0 Å². The maximum absolute atomic E-state index is 12.1. The van der Waals surface area contributed by atoms with E-state index in [9.17, 15) is 9.90 Å². The van der Waals surface area contributed by atoms with Crippen LogP contribution in [0.3, 0.4) is 0 Å². The average Bonchev–Trinajstić information content (AvgIpc) is 2.61. The average molecular weight is 244 g/mol. The Hall–Kier alpha value is -0.650. The van der Waals surface area contributed by atoms with Crippen molar-refractivity contribution >= 4 is 5.91 Å². The summed E-state index contributed by atoms with van der Waals surface area (Å²) in [4.78, 5) is 12.1. The number of carbonyl (C=O) groups excluding carboxylic acids is 1. The van der Waals surface area contributed by atoms with Crippen molar-refractivity contribution in [2.24, 2.45) is 11.1 Å². The fraction of sp³-hybridized carbons (Fsp3) is 0.917. The summed E-state index contributed by atoms with van der Waals surface area (Å²) >= 11 is 0. The van der Waals surface area contributed by atoms with Gasteiger partial charge in [0, 0.05) is 13.1 Å². The standard InChI is InChI=1S/C12H24N2O3/c13-9-12(5-3-1-2-4-6-12)11(17)14-7-10(16)8-15/h10,15-16H,1-9,13H2,(H,14,17). The van der Waals surface area contributed by atoms with Crippen molar-refractivity contribution in [2.45, 2.75) is 44.6 Å². The Morgan fingerprint density at radius 2 is 1.88 bits per heavy atom. The third-order valence-corrected chi connectivity index (χ3v) is 3.64. The first kappa shape index (κ1) is 14.4. The Kier molecular flexibility index (Phi) is 5.88. The highest BCUT2D eigenvalue weighted by molar-refractivity contribution is 5.82. The van der Waals surface area contributed by atoms with Gasteiger partial charge in [0.15, 0.2) is 0 Å². The van der Waals surface area contributed by atoms with E-state index in [-0.39, 0.29) is 19.1 Å². The van der Waals surface area contributed by atoms with Gasteiger partial charge in [-0.1, -0.05) is 25.7 Å². The number of rotatable bonds is 5. The van der Waals surface area contributed by atoms with Crippen molar-refractivity contribution in [2.75, 3.05) is 19.7 Å².